The second kappa shape index (κ2) is 19.3. The molecule has 0 saturated carbocycles. The van der Waals surface area contributed by atoms with Gasteiger partial charge in [-0.15, -0.1) is 0 Å². The number of aryl methyl sites for hydroxylation is 2. The molecule has 0 radical (unpaired) electrons. The first kappa shape index (κ1) is 51.2. The summed E-state index contributed by atoms with van der Waals surface area (Å²) < 4.78 is 0. The number of hydrogen-bond donors (Lipinski definition) is 0. The number of likely N-dealkylation sites (N-methyl/N-ethyl adjacent to an activating group) is 2. The van der Waals surface area contributed by atoms with Crippen LogP contribution in [0.25, 0.3) is 21.5 Å². The fourth-order valence-corrected chi connectivity index (χ4v) is 14.0. The average Bonchev–Trinajstić information content (AvgIpc) is 3.64. The van der Waals surface area contributed by atoms with E-state index in [0.717, 1.165) is 44.5 Å². The van der Waals surface area contributed by atoms with E-state index in [9.17, 15) is 0 Å². The SMILES string of the molecule is C=C(/C=C/C=C1/N(C)c2ccc3ccccc3c2C1(C)C)C(C)(Cc1ccc(CC(C)(C(=C)/C=C/C=C2/N(C)c3ccc4ccccc4c3C2(C)C)c2c(C)cc(Cl)cc2Cl)cc1)c1c(C)cc(Cl)cc1Cl. The summed E-state index contributed by atoms with van der Waals surface area (Å²) >= 11 is 27.5. The van der Waals surface area contributed by atoms with Crippen molar-refractivity contribution in [3.63, 3.8) is 0 Å². The second-order valence-corrected chi connectivity index (χ2v) is 23.3. The normalized spacial score (nSPS) is 17.9. The molecule has 0 aliphatic carbocycles. The van der Waals surface area contributed by atoms with Crippen LogP contribution in [0.2, 0.25) is 20.1 Å². The Bertz CT molecular complexity index is 3200. The van der Waals surface area contributed by atoms with Gasteiger partial charge in [-0.05, 0) is 152 Å². The van der Waals surface area contributed by atoms with E-state index in [1.165, 1.54) is 55.4 Å². The molecule has 0 amide bonds. The quantitative estimate of drug-likeness (QED) is 0.113. The van der Waals surface area contributed by atoms with E-state index >= 15 is 0 Å². The molecule has 2 atom stereocenters. The molecule has 0 bridgehead atoms. The maximum atomic E-state index is 7.17. The average molecular weight is 1030 g/mol. The molecule has 2 nitrogen and oxygen atoms in total. The van der Waals surface area contributed by atoms with Gasteiger partial charge in [0.1, 0.15) is 0 Å². The van der Waals surface area contributed by atoms with Crippen molar-refractivity contribution in [2.75, 3.05) is 23.9 Å². The van der Waals surface area contributed by atoms with Gasteiger partial charge in [0.2, 0.25) is 0 Å². The van der Waals surface area contributed by atoms with E-state index in [-0.39, 0.29) is 10.8 Å². The molecule has 0 spiro atoms. The minimum Gasteiger partial charge on any atom is -0.347 e. The van der Waals surface area contributed by atoms with Crippen molar-refractivity contribution in [3.8, 4) is 0 Å². The number of halogens is 4. The van der Waals surface area contributed by atoms with Crippen molar-refractivity contribution in [2.45, 2.75) is 89.9 Å². The van der Waals surface area contributed by atoms with Crippen LogP contribution in [-0.2, 0) is 34.5 Å². The van der Waals surface area contributed by atoms with Crippen molar-refractivity contribution in [1.82, 2.24) is 0 Å². The summed E-state index contributed by atoms with van der Waals surface area (Å²) in [6, 6.07) is 42.9. The van der Waals surface area contributed by atoms with Crippen LogP contribution in [0.1, 0.15) is 86.1 Å². The maximum Gasteiger partial charge on any atom is 0.0464 e. The highest BCUT2D eigenvalue weighted by atomic mass is 35.5. The summed E-state index contributed by atoms with van der Waals surface area (Å²) in [5, 5.41) is 7.55. The molecule has 2 heterocycles. The Morgan fingerprint density at radius 2 is 0.889 bits per heavy atom. The first-order valence-electron chi connectivity index (χ1n) is 24.8. The molecule has 72 heavy (non-hydrogen) atoms. The zero-order valence-electron chi connectivity index (χ0n) is 43.2. The number of allylic oxidation sites excluding steroid dienone is 10. The Balaban J connectivity index is 1.02. The van der Waals surface area contributed by atoms with Crippen LogP contribution in [0.3, 0.4) is 0 Å². The van der Waals surface area contributed by atoms with Crippen molar-refractivity contribution in [1.29, 1.82) is 0 Å². The van der Waals surface area contributed by atoms with Crippen LogP contribution in [0, 0.1) is 13.8 Å². The lowest BCUT2D eigenvalue weighted by molar-refractivity contribution is 0.559. The Morgan fingerprint density at radius 3 is 1.25 bits per heavy atom. The second-order valence-electron chi connectivity index (χ2n) is 21.6. The Hall–Kier alpha value is -5.74. The number of fused-ring (bicyclic) bond motifs is 6. The molecule has 0 saturated heterocycles. The highest BCUT2D eigenvalue weighted by molar-refractivity contribution is 6.36. The largest absolute Gasteiger partial charge is 0.347 e. The number of hydrogen-bond acceptors (Lipinski definition) is 2. The van der Waals surface area contributed by atoms with Gasteiger partial charge in [0.25, 0.3) is 0 Å². The molecule has 6 heteroatoms. The summed E-state index contributed by atoms with van der Waals surface area (Å²) in [6.45, 7) is 27.5. The molecule has 366 valence electrons. The Morgan fingerprint density at radius 1 is 0.528 bits per heavy atom. The van der Waals surface area contributed by atoms with Gasteiger partial charge in [-0.1, -0.05) is 210 Å². The Labute approximate surface area is 448 Å². The van der Waals surface area contributed by atoms with Crippen molar-refractivity contribution in [2.24, 2.45) is 0 Å². The lowest BCUT2D eigenvalue weighted by Gasteiger charge is -2.35. The van der Waals surface area contributed by atoms with Gasteiger partial charge < -0.3 is 9.80 Å². The third-order valence-electron chi connectivity index (χ3n) is 16.1. The molecule has 0 fully saturated rings. The zero-order valence-corrected chi connectivity index (χ0v) is 46.3. The standard InChI is InChI=1S/C66H64Cl4N2/c1-41-35-49(67)37-53(69)59(41)65(9,43(3)19-17-25-57-63(5,6)61-51-23-15-13-21-47(51)31-33-55(61)71(57)11)39-45-27-29-46(30-28-45)40-66(10,60-42(2)36-50(68)38-54(60)70)44(4)20-18-26-58-64(7,8)62-52-24-16-14-22-48(52)32-34-56(62)72(58)12/h13-38H,3-4,39-40H2,1-2,5-12H3/b19-17+,20-18+,57-25+,58-26+. The molecule has 2 aliphatic heterocycles. The van der Waals surface area contributed by atoms with Crippen LogP contribution in [-0.4, -0.2) is 14.1 Å². The molecule has 7 aromatic carbocycles. The lowest BCUT2D eigenvalue weighted by Crippen LogP contribution is -2.29. The fourth-order valence-electron chi connectivity index (χ4n) is 12.4. The smallest absolute Gasteiger partial charge is 0.0464 e. The molecule has 2 unspecified atom stereocenters. The molecular formula is C66H64Cl4N2. The van der Waals surface area contributed by atoms with Gasteiger partial charge in [0.05, 0.1) is 0 Å². The number of rotatable bonds is 12. The molecular weight excluding hydrogens is 963 g/mol. The van der Waals surface area contributed by atoms with Crippen LogP contribution in [0.5, 0.6) is 0 Å². The van der Waals surface area contributed by atoms with E-state index in [0.29, 0.717) is 32.9 Å². The molecule has 0 N–H and O–H groups in total. The molecule has 0 aromatic heterocycles. The molecule has 2 aliphatic rings. The predicted octanol–water partition coefficient (Wildman–Crippen LogP) is 19.1. The topological polar surface area (TPSA) is 6.48 Å². The monoisotopic (exact) mass is 1020 g/mol. The Kier molecular flexibility index (Phi) is 13.7. The van der Waals surface area contributed by atoms with Crippen LogP contribution >= 0.6 is 46.4 Å². The molecule has 9 rings (SSSR count). The third kappa shape index (κ3) is 8.87. The van der Waals surface area contributed by atoms with E-state index < -0.39 is 10.8 Å². The van der Waals surface area contributed by atoms with Gasteiger partial charge in [-0.3, -0.25) is 0 Å². The lowest BCUT2D eigenvalue weighted by atomic mass is 9.69. The summed E-state index contributed by atoms with van der Waals surface area (Å²) in [5.74, 6) is 0. The minimum atomic E-state index is -0.578. The molecule has 7 aromatic rings. The summed E-state index contributed by atoms with van der Waals surface area (Å²) in [4.78, 5) is 4.64. The minimum absolute atomic E-state index is 0.210. The predicted molar refractivity (Wildman–Crippen MR) is 314 cm³/mol. The highest BCUT2D eigenvalue weighted by Crippen LogP contribution is 2.52. The van der Waals surface area contributed by atoms with Crippen LogP contribution in [0.4, 0.5) is 11.4 Å². The van der Waals surface area contributed by atoms with Gasteiger partial charge >= 0.3 is 0 Å². The first-order chi connectivity index (χ1) is 34.1. The van der Waals surface area contributed by atoms with Crippen LogP contribution < -0.4 is 9.80 Å². The number of benzene rings is 7. The summed E-state index contributed by atoms with van der Waals surface area (Å²) in [6.07, 6.45) is 14.4. The third-order valence-corrected chi connectivity index (χ3v) is 17.1. The maximum absolute atomic E-state index is 7.17. The van der Waals surface area contributed by atoms with Gasteiger partial charge in [-0.25, -0.2) is 0 Å². The van der Waals surface area contributed by atoms with E-state index in [1.807, 2.05) is 24.3 Å². The van der Waals surface area contributed by atoms with E-state index in [1.54, 1.807) is 0 Å². The fraction of sp³-hybridized carbons (Fsp3) is 0.242. The number of nitrogens with zero attached hydrogens (tertiary/aromatic N) is 2. The summed E-state index contributed by atoms with van der Waals surface area (Å²) in [5.41, 5.74) is 14.3. The van der Waals surface area contributed by atoms with Crippen molar-refractivity contribution < 1.29 is 0 Å². The van der Waals surface area contributed by atoms with Crippen LogP contribution in [0.15, 0.2) is 193 Å². The van der Waals surface area contributed by atoms with Crippen molar-refractivity contribution in [3.05, 3.63) is 258 Å². The van der Waals surface area contributed by atoms with Crippen molar-refractivity contribution >= 4 is 79.3 Å². The van der Waals surface area contributed by atoms with E-state index in [2.05, 4.69) is 213 Å². The van der Waals surface area contributed by atoms with Gasteiger partial charge in [-0.2, -0.15) is 0 Å². The zero-order chi connectivity index (χ0) is 51.7. The van der Waals surface area contributed by atoms with E-state index in [4.69, 9.17) is 59.6 Å². The van der Waals surface area contributed by atoms with Gasteiger partial charge in [0.15, 0.2) is 0 Å². The highest BCUT2D eigenvalue weighted by Gasteiger charge is 2.41. The summed E-state index contributed by atoms with van der Waals surface area (Å²) in [7, 11) is 4.33. The van der Waals surface area contributed by atoms with Gasteiger partial charge in [0, 0.05) is 78.6 Å². The first-order valence-corrected chi connectivity index (χ1v) is 26.3. The number of anilines is 2.